The van der Waals surface area contributed by atoms with E-state index >= 15 is 0 Å². The van der Waals surface area contributed by atoms with Crippen molar-refractivity contribution < 1.29 is 4.79 Å². The largest absolute Gasteiger partial charge is 0.327 e. The summed E-state index contributed by atoms with van der Waals surface area (Å²) in [6.45, 7) is 2.27. The molecule has 92 valence electrons. The minimum Gasteiger partial charge on any atom is -0.327 e. The molecule has 2 rings (SSSR count). The van der Waals surface area contributed by atoms with Crippen LogP contribution in [0.1, 0.15) is 23.2 Å². The van der Waals surface area contributed by atoms with Gasteiger partial charge in [0.05, 0.1) is 6.54 Å². The van der Waals surface area contributed by atoms with E-state index in [1.807, 2.05) is 24.3 Å². The van der Waals surface area contributed by atoms with Crippen LogP contribution in [-0.4, -0.2) is 36.4 Å². The molecule has 1 unspecified atom stereocenters. The van der Waals surface area contributed by atoms with Gasteiger partial charge in [-0.1, -0.05) is 34.1 Å². The van der Waals surface area contributed by atoms with Gasteiger partial charge in [-0.3, -0.25) is 9.69 Å². The molecule has 1 fully saturated rings. The summed E-state index contributed by atoms with van der Waals surface area (Å²) in [6, 6.07) is 7.78. The predicted octanol–water partition coefficient (Wildman–Crippen LogP) is 2.05. The Labute approximate surface area is 110 Å². The SMILES string of the molecule is NC1CCCN(CC(=O)c2ccccc2Br)C1. The number of nitrogens with two attached hydrogens (primary N) is 1. The van der Waals surface area contributed by atoms with Crippen molar-refractivity contribution >= 4 is 21.7 Å². The second-order valence-corrected chi connectivity index (χ2v) is 5.39. The summed E-state index contributed by atoms with van der Waals surface area (Å²) >= 11 is 3.41. The lowest BCUT2D eigenvalue weighted by atomic mass is 10.1. The van der Waals surface area contributed by atoms with Crippen LogP contribution in [0.25, 0.3) is 0 Å². The summed E-state index contributed by atoms with van der Waals surface area (Å²) < 4.78 is 0.867. The number of halogens is 1. The van der Waals surface area contributed by atoms with Gasteiger partial charge in [-0.25, -0.2) is 0 Å². The molecule has 0 spiro atoms. The number of ketones is 1. The van der Waals surface area contributed by atoms with Crippen LogP contribution in [0.4, 0.5) is 0 Å². The van der Waals surface area contributed by atoms with Gasteiger partial charge in [-0.15, -0.1) is 0 Å². The number of Topliss-reactive ketones (excluding diaryl/α,β-unsaturated/α-hetero) is 1. The lowest BCUT2D eigenvalue weighted by Gasteiger charge is -2.30. The zero-order chi connectivity index (χ0) is 12.3. The Bertz CT molecular complexity index is 408. The summed E-state index contributed by atoms with van der Waals surface area (Å²) in [7, 11) is 0. The molecule has 17 heavy (non-hydrogen) atoms. The number of carbonyl (C=O) groups is 1. The highest BCUT2D eigenvalue weighted by atomic mass is 79.9. The van der Waals surface area contributed by atoms with Crippen LogP contribution >= 0.6 is 15.9 Å². The Morgan fingerprint density at radius 3 is 2.94 bits per heavy atom. The maximum Gasteiger partial charge on any atom is 0.177 e. The minimum absolute atomic E-state index is 0.159. The average molecular weight is 297 g/mol. The van der Waals surface area contributed by atoms with Crippen LogP contribution in [0.15, 0.2) is 28.7 Å². The van der Waals surface area contributed by atoms with Crippen LogP contribution in [0.5, 0.6) is 0 Å². The highest BCUT2D eigenvalue weighted by Gasteiger charge is 2.20. The molecule has 0 aliphatic carbocycles. The topological polar surface area (TPSA) is 46.3 Å². The van der Waals surface area contributed by atoms with E-state index in [1.54, 1.807) is 0 Å². The highest BCUT2D eigenvalue weighted by molar-refractivity contribution is 9.10. The van der Waals surface area contributed by atoms with Gasteiger partial charge in [0.2, 0.25) is 0 Å². The second-order valence-electron chi connectivity index (χ2n) is 4.54. The first-order chi connectivity index (χ1) is 8.16. The molecule has 1 aliphatic heterocycles. The van der Waals surface area contributed by atoms with Crippen molar-refractivity contribution in [3.8, 4) is 0 Å². The first-order valence-electron chi connectivity index (χ1n) is 5.92. The maximum atomic E-state index is 12.1. The van der Waals surface area contributed by atoms with Crippen molar-refractivity contribution in [1.29, 1.82) is 0 Å². The van der Waals surface area contributed by atoms with E-state index < -0.39 is 0 Å². The average Bonchev–Trinajstić information content (AvgIpc) is 2.29. The normalized spacial score (nSPS) is 21.4. The van der Waals surface area contributed by atoms with E-state index in [9.17, 15) is 4.79 Å². The second kappa shape index (κ2) is 5.76. The summed E-state index contributed by atoms with van der Waals surface area (Å²) in [4.78, 5) is 14.3. The zero-order valence-corrected chi connectivity index (χ0v) is 11.3. The van der Waals surface area contributed by atoms with Crippen LogP contribution in [0, 0.1) is 0 Å². The fourth-order valence-electron chi connectivity index (χ4n) is 2.21. The summed E-state index contributed by atoms with van der Waals surface area (Å²) in [5.74, 6) is 0.159. The molecular weight excluding hydrogens is 280 g/mol. The van der Waals surface area contributed by atoms with E-state index in [4.69, 9.17) is 5.73 Å². The first kappa shape index (κ1) is 12.7. The molecule has 4 heteroatoms. The lowest BCUT2D eigenvalue weighted by Crippen LogP contribution is -2.44. The molecule has 1 saturated heterocycles. The number of piperidine rings is 1. The van der Waals surface area contributed by atoms with Crippen molar-refractivity contribution in [2.45, 2.75) is 18.9 Å². The summed E-state index contributed by atoms with van der Waals surface area (Å²) in [5, 5.41) is 0. The fraction of sp³-hybridized carbons (Fsp3) is 0.462. The van der Waals surface area contributed by atoms with Crippen molar-refractivity contribution in [1.82, 2.24) is 4.90 Å². The molecule has 1 aromatic carbocycles. The molecule has 0 bridgehead atoms. The Morgan fingerprint density at radius 1 is 1.47 bits per heavy atom. The van der Waals surface area contributed by atoms with E-state index in [2.05, 4.69) is 20.8 Å². The number of nitrogens with zero attached hydrogens (tertiary/aromatic N) is 1. The zero-order valence-electron chi connectivity index (χ0n) is 9.73. The van der Waals surface area contributed by atoms with Gasteiger partial charge in [0.1, 0.15) is 0 Å². The Morgan fingerprint density at radius 2 is 2.24 bits per heavy atom. The van der Waals surface area contributed by atoms with Gasteiger partial charge in [0, 0.05) is 22.6 Å². The minimum atomic E-state index is 0.159. The van der Waals surface area contributed by atoms with E-state index in [0.29, 0.717) is 6.54 Å². The number of rotatable bonds is 3. The number of hydrogen-bond acceptors (Lipinski definition) is 3. The van der Waals surface area contributed by atoms with Crippen molar-refractivity contribution in [2.24, 2.45) is 5.73 Å². The molecule has 2 N–H and O–H groups in total. The maximum absolute atomic E-state index is 12.1. The quantitative estimate of drug-likeness (QED) is 0.869. The van der Waals surface area contributed by atoms with Crippen molar-refractivity contribution in [3.63, 3.8) is 0 Å². The van der Waals surface area contributed by atoms with Gasteiger partial charge >= 0.3 is 0 Å². The van der Waals surface area contributed by atoms with Gasteiger partial charge in [0.25, 0.3) is 0 Å². The lowest BCUT2D eigenvalue weighted by molar-refractivity contribution is 0.0907. The van der Waals surface area contributed by atoms with Crippen LogP contribution in [0.2, 0.25) is 0 Å². The smallest absolute Gasteiger partial charge is 0.177 e. The molecule has 0 amide bonds. The number of benzene rings is 1. The third-order valence-electron chi connectivity index (χ3n) is 3.08. The number of likely N-dealkylation sites (tertiary alicyclic amines) is 1. The number of hydrogen-bond donors (Lipinski definition) is 1. The predicted molar refractivity (Wildman–Crippen MR) is 72.1 cm³/mol. The first-order valence-corrected chi connectivity index (χ1v) is 6.72. The third-order valence-corrected chi connectivity index (χ3v) is 3.77. The monoisotopic (exact) mass is 296 g/mol. The van der Waals surface area contributed by atoms with Crippen LogP contribution < -0.4 is 5.73 Å². The van der Waals surface area contributed by atoms with E-state index in [-0.39, 0.29) is 11.8 Å². The fourth-order valence-corrected chi connectivity index (χ4v) is 2.72. The van der Waals surface area contributed by atoms with E-state index in [0.717, 1.165) is 36.0 Å². The van der Waals surface area contributed by atoms with E-state index in [1.165, 1.54) is 0 Å². The van der Waals surface area contributed by atoms with Crippen molar-refractivity contribution in [3.05, 3.63) is 34.3 Å². The molecule has 0 saturated carbocycles. The van der Waals surface area contributed by atoms with Crippen LogP contribution in [0.3, 0.4) is 0 Å². The van der Waals surface area contributed by atoms with Gasteiger partial charge in [-0.2, -0.15) is 0 Å². The summed E-state index contributed by atoms with van der Waals surface area (Å²) in [5.41, 5.74) is 6.66. The molecular formula is C13H17BrN2O. The van der Waals surface area contributed by atoms with Gasteiger partial charge in [-0.05, 0) is 25.5 Å². The highest BCUT2D eigenvalue weighted by Crippen LogP contribution is 2.17. The molecule has 3 nitrogen and oxygen atoms in total. The molecule has 0 radical (unpaired) electrons. The molecule has 1 aromatic rings. The number of carbonyl (C=O) groups excluding carboxylic acids is 1. The summed E-state index contributed by atoms with van der Waals surface area (Å²) in [6.07, 6.45) is 2.16. The third kappa shape index (κ3) is 3.37. The Balaban J connectivity index is 1.99. The Hall–Kier alpha value is -0.710. The molecule has 0 aromatic heterocycles. The van der Waals surface area contributed by atoms with Gasteiger partial charge in [0.15, 0.2) is 5.78 Å². The Kier molecular flexibility index (Phi) is 4.31. The van der Waals surface area contributed by atoms with Crippen LogP contribution in [-0.2, 0) is 0 Å². The molecule has 1 heterocycles. The standard InChI is InChI=1S/C13H17BrN2O/c14-12-6-2-1-5-11(12)13(17)9-16-7-3-4-10(15)8-16/h1-2,5-6,10H,3-4,7-9,15H2. The van der Waals surface area contributed by atoms with Crippen molar-refractivity contribution in [2.75, 3.05) is 19.6 Å². The molecule has 1 aliphatic rings. The van der Waals surface area contributed by atoms with Gasteiger partial charge < -0.3 is 5.73 Å². The molecule has 1 atom stereocenters.